The van der Waals surface area contributed by atoms with Gasteiger partial charge in [-0.05, 0) is 29.3 Å². The monoisotopic (exact) mass is 264 g/mol. The van der Waals surface area contributed by atoms with Crippen molar-refractivity contribution in [2.75, 3.05) is 0 Å². The molecule has 0 spiro atoms. The molecule has 20 heavy (non-hydrogen) atoms. The lowest BCUT2D eigenvalue weighted by atomic mass is 10.2. The Kier molecular flexibility index (Phi) is 4.63. The van der Waals surface area contributed by atoms with Crippen LogP contribution >= 0.6 is 0 Å². The van der Waals surface area contributed by atoms with Crippen molar-refractivity contribution in [3.05, 3.63) is 71.6 Å². The predicted molar refractivity (Wildman–Crippen MR) is 74.1 cm³/mol. The summed E-state index contributed by atoms with van der Waals surface area (Å²) in [6, 6.07) is 14.6. The molecule has 2 aromatic rings. The molecule has 0 atom stereocenters. The second kappa shape index (κ2) is 6.86. The second-order valence-electron chi connectivity index (χ2n) is 4.01. The number of carbonyl (C=O) groups excluding carboxylic acids is 1. The van der Waals surface area contributed by atoms with E-state index in [0.29, 0.717) is 0 Å². The second-order valence-corrected chi connectivity index (χ2v) is 4.01. The Hall–Kier alpha value is -2.93. The Bertz CT molecular complexity index is 643. The van der Waals surface area contributed by atoms with E-state index in [0.717, 1.165) is 11.1 Å². The first-order valence-electron chi connectivity index (χ1n) is 6.02. The first-order valence-corrected chi connectivity index (χ1v) is 6.02. The molecule has 1 aromatic heterocycles. The van der Waals surface area contributed by atoms with Gasteiger partial charge in [-0.2, -0.15) is 5.26 Å². The average molecular weight is 264 g/mol. The fourth-order valence-corrected chi connectivity index (χ4v) is 1.56. The molecule has 0 bridgehead atoms. The third-order valence-corrected chi connectivity index (χ3v) is 2.57. The van der Waals surface area contributed by atoms with Crippen molar-refractivity contribution in [3.63, 3.8) is 0 Å². The lowest BCUT2D eigenvalue weighted by molar-refractivity contribution is -0.139. The Morgan fingerprint density at radius 1 is 1.20 bits per heavy atom. The highest BCUT2D eigenvalue weighted by atomic mass is 16.5. The van der Waals surface area contributed by atoms with Crippen molar-refractivity contribution >= 4 is 12.0 Å². The number of aromatic nitrogens is 1. The van der Waals surface area contributed by atoms with Crippen LogP contribution in [-0.2, 0) is 16.1 Å². The number of benzene rings is 1. The number of ether oxygens (including phenoxy) is 1. The minimum Gasteiger partial charge on any atom is -0.457 e. The number of carbonyl (C=O) groups is 1. The zero-order chi connectivity index (χ0) is 14.2. The summed E-state index contributed by atoms with van der Waals surface area (Å²) in [6.45, 7) is 0.148. The van der Waals surface area contributed by atoms with Crippen LogP contribution in [0.4, 0.5) is 0 Å². The van der Waals surface area contributed by atoms with E-state index in [1.165, 1.54) is 6.08 Å². The third kappa shape index (κ3) is 3.79. The Morgan fingerprint density at radius 2 is 1.90 bits per heavy atom. The first-order chi connectivity index (χ1) is 9.79. The van der Waals surface area contributed by atoms with Crippen LogP contribution in [0.5, 0.6) is 0 Å². The van der Waals surface area contributed by atoms with Crippen molar-refractivity contribution in [2.24, 2.45) is 0 Å². The molecule has 1 aromatic carbocycles. The van der Waals surface area contributed by atoms with E-state index >= 15 is 0 Å². The van der Waals surface area contributed by atoms with Gasteiger partial charge in [-0.1, -0.05) is 30.3 Å². The largest absolute Gasteiger partial charge is 0.457 e. The van der Waals surface area contributed by atoms with Crippen LogP contribution in [0.25, 0.3) is 6.08 Å². The molecule has 4 nitrogen and oxygen atoms in total. The fraction of sp³-hybridized carbons (Fsp3) is 0.0625. The van der Waals surface area contributed by atoms with E-state index in [2.05, 4.69) is 4.98 Å². The van der Waals surface area contributed by atoms with Crippen molar-refractivity contribution in [1.82, 2.24) is 4.98 Å². The summed E-state index contributed by atoms with van der Waals surface area (Å²) in [4.78, 5) is 15.7. The molecule has 0 radical (unpaired) electrons. The summed E-state index contributed by atoms with van der Waals surface area (Å²) in [5, 5.41) is 9.02. The van der Waals surface area contributed by atoms with Crippen LogP contribution in [0, 0.1) is 11.3 Å². The zero-order valence-corrected chi connectivity index (χ0v) is 10.7. The van der Waals surface area contributed by atoms with E-state index in [4.69, 9.17) is 10.00 Å². The topological polar surface area (TPSA) is 63.0 Å². The van der Waals surface area contributed by atoms with Crippen molar-refractivity contribution < 1.29 is 9.53 Å². The Balaban J connectivity index is 2.03. The van der Waals surface area contributed by atoms with Crippen LogP contribution in [-0.4, -0.2) is 11.0 Å². The van der Waals surface area contributed by atoms with Crippen LogP contribution in [0.1, 0.15) is 11.1 Å². The van der Waals surface area contributed by atoms with Crippen molar-refractivity contribution in [2.45, 2.75) is 6.61 Å². The van der Waals surface area contributed by atoms with Crippen molar-refractivity contribution in [1.29, 1.82) is 5.26 Å². The molecule has 2 rings (SSSR count). The predicted octanol–water partition coefficient (Wildman–Crippen LogP) is 2.73. The van der Waals surface area contributed by atoms with Crippen molar-refractivity contribution in [3.8, 4) is 6.07 Å². The van der Waals surface area contributed by atoms with Gasteiger partial charge in [0.05, 0.1) is 0 Å². The molecular formula is C16H12N2O2. The maximum atomic E-state index is 11.8. The number of nitriles is 1. The number of pyridine rings is 1. The molecule has 0 unspecified atom stereocenters. The van der Waals surface area contributed by atoms with Gasteiger partial charge in [0.25, 0.3) is 0 Å². The van der Waals surface area contributed by atoms with Crippen LogP contribution < -0.4 is 0 Å². The molecule has 98 valence electrons. The number of hydrogen-bond donors (Lipinski definition) is 0. The maximum absolute atomic E-state index is 11.8. The molecule has 0 N–H and O–H groups in total. The van der Waals surface area contributed by atoms with E-state index < -0.39 is 5.97 Å². The van der Waals surface area contributed by atoms with Gasteiger partial charge in [0.2, 0.25) is 0 Å². The van der Waals surface area contributed by atoms with E-state index in [9.17, 15) is 4.79 Å². The van der Waals surface area contributed by atoms with Gasteiger partial charge in [-0.25, -0.2) is 4.79 Å². The van der Waals surface area contributed by atoms with Crippen LogP contribution in [0.2, 0.25) is 0 Å². The molecular weight excluding hydrogens is 252 g/mol. The van der Waals surface area contributed by atoms with Gasteiger partial charge in [-0.15, -0.1) is 0 Å². The third-order valence-electron chi connectivity index (χ3n) is 2.57. The molecule has 0 fully saturated rings. The van der Waals surface area contributed by atoms with Crippen LogP contribution in [0.3, 0.4) is 0 Å². The lowest BCUT2D eigenvalue weighted by Crippen LogP contribution is -2.06. The maximum Gasteiger partial charge on any atom is 0.349 e. The van der Waals surface area contributed by atoms with Gasteiger partial charge in [0, 0.05) is 12.4 Å². The van der Waals surface area contributed by atoms with E-state index in [1.54, 1.807) is 24.5 Å². The van der Waals surface area contributed by atoms with E-state index in [-0.39, 0.29) is 12.2 Å². The Morgan fingerprint density at radius 3 is 2.55 bits per heavy atom. The highest BCUT2D eigenvalue weighted by Gasteiger charge is 2.10. The van der Waals surface area contributed by atoms with Gasteiger partial charge in [0.1, 0.15) is 18.2 Å². The lowest BCUT2D eigenvalue weighted by Gasteiger charge is -2.03. The molecule has 0 saturated heterocycles. The molecule has 4 heteroatoms. The van der Waals surface area contributed by atoms with Gasteiger partial charge < -0.3 is 4.74 Å². The van der Waals surface area contributed by atoms with Crippen LogP contribution in [0.15, 0.2) is 60.4 Å². The minimum absolute atomic E-state index is 0.0351. The van der Waals surface area contributed by atoms with Gasteiger partial charge >= 0.3 is 5.97 Å². The fourth-order valence-electron chi connectivity index (χ4n) is 1.56. The number of nitrogens with zero attached hydrogens (tertiary/aromatic N) is 2. The summed E-state index contributed by atoms with van der Waals surface area (Å²) in [5.41, 5.74) is 1.57. The smallest absolute Gasteiger partial charge is 0.349 e. The molecule has 0 aliphatic rings. The number of esters is 1. The molecule has 0 amide bonds. The molecule has 0 aliphatic heterocycles. The zero-order valence-electron chi connectivity index (χ0n) is 10.7. The summed E-state index contributed by atoms with van der Waals surface area (Å²) in [5.74, 6) is -0.631. The highest BCUT2D eigenvalue weighted by molar-refractivity contribution is 5.97. The molecule has 1 heterocycles. The first kappa shape index (κ1) is 13.5. The molecule has 0 aliphatic carbocycles. The van der Waals surface area contributed by atoms with Gasteiger partial charge in [-0.3, -0.25) is 4.98 Å². The summed E-state index contributed by atoms with van der Waals surface area (Å²) >= 11 is 0. The normalized spacial score (nSPS) is 10.7. The highest BCUT2D eigenvalue weighted by Crippen LogP contribution is 2.08. The van der Waals surface area contributed by atoms with E-state index in [1.807, 2.05) is 36.4 Å². The number of rotatable bonds is 4. The number of hydrogen-bond acceptors (Lipinski definition) is 4. The molecule has 0 saturated carbocycles. The average Bonchev–Trinajstić information content (AvgIpc) is 2.52. The SMILES string of the molecule is N#CC(=Cc1ccncc1)C(=O)OCc1ccccc1. The minimum atomic E-state index is -0.631. The summed E-state index contributed by atoms with van der Waals surface area (Å²) < 4.78 is 5.11. The standard InChI is InChI=1S/C16H12N2O2/c17-11-15(10-13-6-8-18-9-7-13)16(19)20-12-14-4-2-1-3-5-14/h1-10H,12H2. The summed E-state index contributed by atoms with van der Waals surface area (Å²) in [7, 11) is 0. The summed E-state index contributed by atoms with van der Waals surface area (Å²) in [6.07, 6.45) is 4.67. The van der Waals surface area contributed by atoms with Gasteiger partial charge in [0.15, 0.2) is 0 Å². The quantitative estimate of drug-likeness (QED) is 0.484. The Labute approximate surface area is 117 Å².